The molecule has 0 aliphatic heterocycles. The molecule has 0 fully saturated rings. The smallest absolute Gasteiger partial charge is 0.408 e. The summed E-state index contributed by atoms with van der Waals surface area (Å²) in [6.07, 6.45) is -0.426. The van der Waals surface area contributed by atoms with Gasteiger partial charge in [-0.05, 0) is 42.5 Å². The average Bonchev–Trinajstić information content (AvgIpc) is 3.14. The molecule has 34 heavy (non-hydrogen) atoms. The number of benzene rings is 2. The standard InChI is InChI=1S/C26H32N2O6/c1-4-28(15-9-14-23(29)30)24(31)26(2,17-33-3)27-25(32)34-16-22-20-12-7-5-10-18(20)19-11-6-8-13-21(19)22/h5-8,10-13,22H,4,9,14-17H2,1-3H3,(H,27,32)(H,29,30). The number of carboxylic acids is 1. The van der Waals surface area contributed by atoms with E-state index in [0.717, 1.165) is 22.3 Å². The molecule has 8 nitrogen and oxygen atoms in total. The van der Waals surface area contributed by atoms with Crippen LogP contribution in [0.4, 0.5) is 4.79 Å². The van der Waals surface area contributed by atoms with Crippen LogP contribution in [0.1, 0.15) is 43.7 Å². The first-order chi connectivity index (χ1) is 16.3. The van der Waals surface area contributed by atoms with Crippen LogP contribution in [0.25, 0.3) is 11.1 Å². The Morgan fingerprint density at radius 3 is 2.18 bits per heavy atom. The highest BCUT2D eigenvalue weighted by Crippen LogP contribution is 2.44. The lowest BCUT2D eigenvalue weighted by molar-refractivity contribution is -0.141. The lowest BCUT2D eigenvalue weighted by atomic mass is 9.98. The molecule has 2 amide bonds. The maximum absolute atomic E-state index is 13.2. The monoisotopic (exact) mass is 468 g/mol. The van der Waals surface area contributed by atoms with E-state index in [4.69, 9.17) is 14.6 Å². The molecule has 0 saturated carbocycles. The number of nitrogens with zero attached hydrogens (tertiary/aromatic N) is 1. The fourth-order valence-electron chi connectivity index (χ4n) is 4.47. The van der Waals surface area contributed by atoms with Crippen molar-refractivity contribution in [2.75, 3.05) is 33.4 Å². The molecule has 2 aromatic rings. The van der Waals surface area contributed by atoms with Gasteiger partial charge in [0.15, 0.2) is 0 Å². The predicted octanol–water partition coefficient (Wildman–Crippen LogP) is 3.64. The summed E-state index contributed by atoms with van der Waals surface area (Å²) in [5.41, 5.74) is 3.11. The van der Waals surface area contributed by atoms with E-state index in [-0.39, 0.29) is 38.0 Å². The van der Waals surface area contributed by atoms with Gasteiger partial charge in [-0.2, -0.15) is 0 Å². The molecule has 0 heterocycles. The van der Waals surface area contributed by atoms with E-state index in [0.29, 0.717) is 13.0 Å². The number of fused-ring (bicyclic) bond motifs is 3. The highest BCUT2D eigenvalue weighted by molar-refractivity contribution is 5.90. The Morgan fingerprint density at radius 1 is 1.06 bits per heavy atom. The van der Waals surface area contributed by atoms with Crippen LogP contribution < -0.4 is 5.32 Å². The zero-order valence-electron chi connectivity index (χ0n) is 19.9. The Labute approximate surface area is 199 Å². The third-order valence-electron chi connectivity index (χ3n) is 6.11. The molecule has 2 aromatic carbocycles. The zero-order chi connectivity index (χ0) is 24.7. The topological polar surface area (TPSA) is 105 Å². The van der Waals surface area contributed by atoms with Crippen molar-refractivity contribution in [2.24, 2.45) is 0 Å². The van der Waals surface area contributed by atoms with E-state index in [9.17, 15) is 14.4 Å². The number of amides is 2. The van der Waals surface area contributed by atoms with Gasteiger partial charge in [-0.15, -0.1) is 0 Å². The summed E-state index contributed by atoms with van der Waals surface area (Å²) in [5.74, 6) is -1.36. The molecule has 2 N–H and O–H groups in total. The molecule has 0 saturated heterocycles. The Balaban J connectivity index is 1.68. The zero-order valence-corrected chi connectivity index (χ0v) is 19.9. The number of likely N-dealkylation sites (N-methyl/N-ethyl adjacent to an activating group) is 1. The number of ether oxygens (including phenoxy) is 2. The van der Waals surface area contributed by atoms with E-state index < -0.39 is 17.6 Å². The maximum Gasteiger partial charge on any atom is 0.408 e. The van der Waals surface area contributed by atoms with Gasteiger partial charge in [0.25, 0.3) is 5.91 Å². The lowest BCUT2D eigenvalue weighted by Crippen LogP contribution is -2.60. The van der Waals surface area contributed by atoms with Crippen molar-refractivity contribution in [3.63, 3.8) is 0 Å². The van der Waals surface area contributed by atoms with E-state index in [1.807, 2.05) is 36.4 Å². The second-order valence-corrected chi connectivity index (χ2v) is 8.60. The Hall–Kier alpha value is -3.39. The Morgan fingerprint density at radius 2 is 1.65 bits per heavy atom. The largest absolute Gasteiger partial charge is 0.481 e. The van der Waals surface area contributed by atoms with Crippen LogP contribution in [0.2, 0.25) is 0 Å². The molecule has 0 bridgehead atoms. The van der Waals surface area contributed by atoms with Crippen LogP contribution in [0.15, 0.2) is 48.5 Å². The molecule has 1 aliphatic rings. The highest BCUT2D eigenvalue weighted by Gasteiger charge is 2.39. The SMILES string of the molecule is CCN(CCCC(=O)O)C(=O)C(C)(COC)NC(=O)OCC1c2ccccc2-c2ccccc21. The van der Waals surface area contributed by atoms with Gasteiger partial charge in [0.2, 0.25) is 0 Å². The molecule has 1 unspecified atom stereocenters. The molecule has 8 heteroatoms. The highest BCUT2D eigenvalue weighted by atomic mass is 16.5. The van der Waals surface area contributed by atoms with Gasteiger partial charge in [-0.3, -0.25) is 9.59 Å². The van der Waals surface area contributed by atoms with Gasteiger partial charge in [-0.1, -0.05) is 48.5 Å². The van der Waals surface area contributed by atoms with Crippen molar-refractivity contribution < 1.29 is 29.0 Å². The number of carbonyl (C=O) groups excluding carboxylic acids is 2. The van der Waals surface area contributed by atoms with Gasteiger partial charge in [0, 0.05) is 32.5 Å². The number of carboxylic acid groups (broad SMARTS) is 1. The van der Waals surface area contributed by atoms with E-state index >= 15 is 0 Å². The number of hydrogen-bond donors (Lipinski definition) is 2. The summed E-state index contributed by atoms with van der Waals surface area (Å²) in [4.78, 5) is 38.4. The summed E-state index contributed by atoms with van der Waals surface area (Å²) in [7, 11) is 1.45. The molecule has 0 aromatic heterocycles. The van der Waals surface area contributed by atoms with Crippen LogP contribution >= 0.6 is 0 Å². The van der Waals surface area contributed by atoms with E-state index in [1.165, 1.54) is 12.0 Å². The maximum atomic E-state index is 13.2. The second kappa shape index (κ2) is 11.2. The van der Waals surface area contributed by atoms with Crippen molar-refractivity contribution in [3.8, 4) is 11.1 Å². The van der Waals surface area contributed by atoms with Crippen LogP contribution in [-0.4, -0.2) is 66.9 Å². The minimum absolute atomic E-state index is 0.0371. The molecule has 1 aliphatic carbocycles. The number of nitrogens with one attached hydrogen (secondary N) is 1. The first kappa shape index (κ1) is 25.2. The fourth-order valence-corrected chi connectivity index (χ4v) is 4.47. The Bertz CT molecular complexity index is 994. The van der Waals surface area contributed by atoms with Crippen molar-refractivity contribution in [1.82, 2.24) is 10.2 Å². The van der Waals surface area contributed by atoms with Gasteiger partial charge in [0.1, 0.15) is 12.1 Å². The fraction of sp³-hybridized carbons (Fsp3) is 0.423. The molecular weight excluding hydrogens is 436 g/mol. The van der Waals surface area contributed by atoms with Gasteiger partial charge >= 0.3 is 12.1 Å². The number of aliphatic carboxylic acids is 1. The quantitative estimate of drug-likeness (QED) is 0.522. The van der Waals surface area contributed by atoms with Crippen LogP contribution in [-0.2, 0) is 19.1 Å². The van der Waals surface area contributed by atoms with Crippen molar-refractivity contribution in [3.05, 3.63) is 59.7 Å². The number of hydrogen-bond acceptors (Lipinski definition) is 5. The van der Waals surface area contributed by atoms with Crippen molar-refractivity contribution >= 4 is 18.0 Å². The second-order valence-electron chi connectivity index (χ2n) is 8.60. The van der Waals surface area contributed by atoms with Crippen molar-refractivity contribution in [2.45, 2.75) is 38.1 Å². The summed E-state index contributed by atoms with van der Waals surface area (Å²) in [6, 6.07) is 16.1. The first-order valence-corrected chi connectivity index (χ1v) is 11.4. The molecule has 0 spiro atoms. The van der Waals surface area contributed by atoms with Gasteiger partial charge in [-0.25, -0.2) is 4.79 Å². The summed E-state index contributed by atoms with van der Waals surface area (Å²) >= 11 is 0. The molecule has 0 radical (unpaired) electrons. The third kappa shape index (κ3) is 5.56. The molecule has 3 rings (SSSR count). The number of rotatable bonds is 11. The minimum atomic E-state index is -1.35. The van der Waals surface area contributed by atoms with Crippen LogP contribution in [0.5, 0.6) is 0 Å². The molecule has 1 atom stereocenters. The molecular formula is C26H32N2O6. The van der Waals surface area contributed by atoms with Crippen LogP contribution in [0, 0.1) is 0 Å². The normalized spacial score (nSPS) is 14.0. The Kier molecular flexibility index (Phi) is 8.28. The summed E-state index contributed by atoms with van der Waals surface area (Å²) < 4.78 is 10.8. The summed E-state index contributed by atoms with van der Waals surface area (Å²) in [5, 5.41) is 11.6. The summed E-state index contributed by atoms with van der Waals surface area (Å²) in [6.45, 7) is 4.12. The predicted molar refractivity (Wildman–Crippen MR) is 128 cm³/mol. The van der Waals surface area contributed by atoms with Crippen LogP contribution in [0.3, 0.4) is 0 Å². The van der Waals surface area contributed by atoms with Gasteiger partial charge < -0.3 is 24.8 Å². The lowest BCUT2D eigenvalue weighted by Gasteiger charge is -2.34. The van der Waals surface area contributed by atoms with Crippen molar-refractivity contribution in [1.29, 1.82) is 0 Å². The number of methoxy groups -OCH3 is 1. The van der Waals surface area contributed by atoms with E-state index in [2.05, 4.69) is 17.4 Å². The first-order valence-electron chi connectivity index (χ1n) is 11.4. The van der Waals surface area contributed by atoms with E-state index in [1.54, 1.807) is 13.8 Å². The average molecular weight is 469 g/mol. The van der Waals surface area contributed by atoms with Gasteiger partial charge in [0.05, 0.1) is 6.61 Å². The minimum Gasteiger partial charge on any atom is -0.481 e. The molecule has 182 valence electrons. The number of carbonyl (C=O) groups is 3. The number of alkyl carbamates (subject to hydrolysis) is 1. The third-order valence-corrected chi connectivity index (χ3v) is 6.11.